The van der Waals surface area contributed by atoms with E-state index in [2.05, 4.69) is 5.32 Å². The Balaban J connectivity index is 2.04. The number of halogens is 1. The summed E-state index contributed by atoms with van der Waals surface area (Å²) in [6, 6.07) is 12.6. The smallest absolute Gasteiger partial charge is 0.337 e. The van der Waals surface area contributed by atoms with E-state index >= 15 is 0 Å². The molecule has 0 radical (unpaired) electrons. The third-order valence-corrected chi connectivity index (χ3v) is 3.28. The van der Waals surface area contributed by atoms with Crippen molar-refractivity contribution in [3.63, 3.8) is 0 Å². The van der Waals surface area contributed by atoms with Gasteiger partial charge in [0.2, 0.25) is 0 Å². The van der Waals surface area contributed by atoms with Crippen LogP contribution in [0.1, 0.15) is 29.8 Å². The molecule has 0 bridgehead atoms. The first-order chi connectivity index (χ1) is 10.5. The highest BCUT2D eigenvalue weighted by Gasteiger charge is 2.08. The molecular weight excluding hydrogens is 302 g/mol. The molecule has 2 rings (SSSR count). The van der Waals surface area contributed by atoms with Gasteiger partial charge < -0.3 is 15.2 Å². The highest BCUT2D eigenvalue weighted by Crippen LogP contribution is 2.22. The van der Waals surface area contributed by atoms with Gasteiger partial charge >= 0.3 is 5.97 Å². The normalized spacial score (nSPS) is 10.5. The van der Waals surface area contributed by atoms with E-state index in [1.165, 1.54) is 6.07 Å². The lowest BCUT2D eigenvalue weighted by atomic mass is 10.2. The second-order valence-corrected chi connectivity index (χ2v) is 5.57. The standard InChI is InChI=1S/C17H18ClNO3/c1-11(2)22-14-5-3-4-12(8-14)10-19-13-6-7-15(17(20)21)16(18)9-13/h3-9,11,19H,10H2,1-2H3,(H,20,21). The molecule has 0 unspecified atom stereocenters. The van der Waals surface area contributed by atoms with E-state index in [4.69, 9.17) is 21.4 Å². The molecule has 0 amide bonds. The minimum absolute atomic E-state index is 0.0968. The molecule has 5 heteroatoms. The van der Waals surface area contributed by atoms with Crippen LogP contribution in [-0.4, -0.2) is 17.2 Å². The maximum Gasteiger partial charge on any atom is 0.337 e. The number of benzene rings is 2. The van der Waals surface area contributed by atoms with E-state index in [1.54, 1.807) is 12.1 Å². The second-order valence-electron chi connectivity index (χ2n) is 5.17. The Labute approximate surface area is 134 Å². The summed E-state index contributed by atoms with van der Waals surface area (Å²) in [4.78, 5) is 10.9. The zero-order chi connectivity index (χ0) is 16.1. The summed E-state index contributed by atoms with van der Waals surface area (Å²) in [5, 5.41) is 12.4. The van der Waals surface area contributed by atoms with E-state index < -0.39 is 5.97 Å². The lowest BCUT2D eigenvalue weighted by Gasteiger charge is -2.12. The van der Waals surface area contributed by atoms with Gasteiger partial charge in [0.25, 0.3) is 0 Å². The average Bonchev–Trinajstić information content (AvgIpc) is 2.44. The molecule has 0 aliphatic heterocycles. The van der Waals surface area contributed by atoms with Crippen molar-refractivity contribution in [2.75, 3.05) is 5.32 Å². The lowest BCUT2D eigenvalue weighted by Crippen LogP contribution is -2.06. The quantitative estimate of drug-likeness (QED) is 0.826. The highest BCUT2D eigenvalue weighted by molar-refractivity contribution is 6.33. The van der Waals surface area contributed by atoms with Crippen molar-refractivity contribution < 1.29 is 14.6 Å². The fourth-order valence-corrected chi connectivity index (χ4v) is 2.26. The van der Waals surface area contributed by atoms with Crippen molar-refractivity contribution in [3.8, 4) is 5.75 Å². The number of carboxylic acid groups (broad SMARTS) is 1. The van der Waals surface area contributed by atoms with Gasteiger partial charge in [0.1, 0.15) is 5.75 Å². The summed E-state index contributed by atoms with van der Waals surface area (Å²) in [6.07, 6.45) is 0.130. The third-order valence-electron chi connectivity index (χ3n) is 2.97. The van der Waals surface area contributed by atoms with Crippen molar-refractivity contribution in [2.45, 2.75) is 26.5 Å². The van der Waals surface area contributed by atoms with Crippen LogP contribution in [0.2, 0.25) is 5.02 Å². The van der Waals surface area contributed by atoms with Gasteiger partial charge in [-0.3, -0.25) is 0 Å². The van der Waals surface area contributed by atoms with Crippen LogP contribution in [0.5, 0.6) is 5.75 Å². The molecule has 2 N–H and O–H groups in total. The zero-order valence-corrected chi connectivity index (χ0v) is 13.2. The predicted molar refractivity (Wildman–Crippen MR) is 87.9 cm³/mol. The Kier molecular flexibility index (Phi) is 5.28. The van der Waals surface area contributed by atoms with Crippen LogP contribution < -0.4 is 10.1 Å². The first-order valence-electron chi connectivity index (χ1n) is 6.98. The van der Waals surface area contributed by atoms with E-state index in [1.807, 2.05) is 38.1 Å². The third kappa shape index (κ3) is 4.40. The number of hydrogen-bond donors (Lipinski definition) is 2. The van der Waals surface area contributed by atoms with Crippen molar-refractivity contribution in [1.82, 2.24) is 0 Å². The second kappa shape index (κ2) is 7.18. The minimum atomic E-state index is -1.03. The van der Waals surface area contributed by atoms with Crippen LogP contribution in [-0.2, 0) is 6.54 Å². The summed E-state index contributed by atoms with van der Waals surface area (Å²) in [5.74, 6) is -0.205. The Morgan fingerprint density at radius 2 is 2.05 bits per heavy atom. The number of nitrogens with one attached hydrogen (secondary N) is 1. The largest absolute Gasteiger partial charge is 0.491 e. The molecule has 116 valence electrons. The molecule has 4 nitrogen and oxygen atoms in total. The van der Waals surface area contributed by atoms with Crippen molar-refractivity contribution >= 4 is 23.3 Å². The molecule has 0 saturated carbocycles. The summed E-state index contributed by atoms with van der Waals surface area (Å²) < 4.78 is 5.65. The molecule has 0 aromatic heterocycles. The topological polar surface area (TPSA) is 58.6 Å². The van der Waals surface area contributed by atoms with Crippen molar-refractivity contribution in [2.24, 2.45) is 0 Å². The van der Waals surface area contributed by atoms with E-state index in [-0.39, 0.29) is 16.7 Å². The van der Waals surface area contributed by atoms with Gasteiger partial charge in [-0.25, -0.2) is 4.79 Å². The Bertz CT molecular complexity index is 671. The first-order valence-corrected chi connectivity index (χ1v) is 7.36. The Hall–Kier alpha value is -2.20. The molecular formula is C17H18ClNO3. The van der Waals surface area contributed by atoms with Crippen molar-refractivity contribution in [1.29, 1.82) is 0 Å². The first kappa shape index (κ1) is 16.2. The summed E-state index contributed by atoms with van der Waals surface area (Å²) in [6.45, 7) is 4.56. The van der Waals surface area contributed by atoms with E-state index in [0.29, 0.717) is 6.54 Å². The number of rotatable bonds is 6. The van der Waals surface area contributed by atoms with Gasteiger partial charge in [0.15, 0.2) is 0 Å². The highest BCUT2D eigenvalue weighted by atomic mass is 35.5. The molecule has 2 aromatic rings. The van der Waals surface area contributed by atoms with E-state index in [0.717, 1.165) is 17.0 Å². The van der Waals surface area contributed by atoms with Gasteiger partial charge in [-0.2, -0.15) is 0 Å². The number of carbonyl (C=O) groups is 1. The van der Waals surface area contributed by atoms with Crippen LogP contribution in [0.4, 0.5) is 5.69 Å². The summed E-state index contributed by atoms with van der Waals surface area (Å²) in [7, 11) is 0. The van der Waals surface area contributed by atoms with Crippen molar-refractivity contribution in [3.05, 3.63) is 58.6 Å². The summed E-state index contributed by atoms with van der Waals surface area (Å²) >= 11 is 5.95. The Morgan fingerprint density at radius 1 is 1.27 bits per heavy atom. The monoisotopic (exact) mass is 319 g/mol. The molecule has 0 atom stereocenters. The Morgan fingerprint density at radius 3 is 2.68 bits per heavy atom. The molecule has 22 heavy (non-hydrogen) atoms. The molecule has 0 saturated heterocycles. The van der Waals surface area contributed by atoms with Gasteiger partial charge in [-0.1, -0.05) is 23.7 Å². The predicted octanol–water partition coefficient (Wildman–Crippen LogP) is 4.44. The SMILES string of the molecule is CC(C)Oc1cccc(CNc2ccc(C(=O)O)c(Cl)c2)c1. The summed E-state index contributed by atoms with van der Waals surface area (Å²) in [5.41, 5.74) is 1.93. The number of carboxylic acids is 1. The van der Waals surface area contributed by atoms with Crippen LogP contribution in [0.3, 0.4) is 0 Å². The lowest BCUT2D eigenvalue weighted by molar-refractivity contribution is 0.0697. The van der Waals surface area contributed by atoms with Gasteiger partial charge in [0, 0.05) is 12.2 Å². The zero-order valence-electron chi connectivity index (χ0n) is 12.5. The number of anilines is 1. The van der Waals surface area contributed by atoms with Crippen LogP contribution in [0.25, 0.3) is 0 Å². The maximum absolute atomic E-state index is 10.9. The van der Waals surface area contributed by atoms with Gasteiger partial charge in [-0.15, -0.1) is 0 Å². The number of hydrogen-bond acceptors (Lipinski definition) is 3. The molecule has 0 fully saturated rings. The molecule has 0 aliphatic carbocycles. The van der Waals surface area contributed by atoms with Crippen LogP contribution in [0, 0.1) is 0 Å². The number of aromatic carboxylic acids is 1. The number of ether oxygens (including phenoxy) is 1. The molecule has 2 aromatic carbocycles. The average molecular weight is 320 g/mol. The molecule has 0 spiro atoms. The molecule has 0 heterocycles. The molecule has 0 aliphatic rings. The maximum atomic E-state index is 10.9. The van der Waals surface area contributed by atoms with Gasteiger partial charge in [0.05, 0.1) is 16.7 Å². The fourth-order valence-electron chi connectivity index (χ4n) is 2.00. The van der Waals surface area contributed by atoms with E-state index in [9.17, 15) is 4.79 Å². The van der Waals surface area contributed by atoms with Crippen LogP contribution in [0.15, 0.2) is 42.5 Å². The minimum Gasteiger partial charge on any atom is -0.491 e. The fraction of sp³-hybridized carbons (Fsp3) is 0.235. The van der Waals surface area contributed by atoms with Crippen LogP contribution >= 0.6 is 11.6 Å². The van der Waals surface area contributed by atoms with Gasteiger partial charge in [-0.05, 0) is 49.7 Å².